The SMILES string of the molecule is CN(CC(=O)Nc1ccccc1SCC(N)=O)C1CCCCC1. The summed E-state index contributed by atoms with van der Waals surface area (Å²) in [5.41, 5.74) is 5.92. The number of benzene rings is 1. The van der Waals surface area contributed by atoms with Gasteiger partial charge in [0.15, 0.2) is 0 Å². The van der Waals surface area contributed by atoms with Crippen molar-refractivity contribution in [2.24, 2.45) is 5.73 Å². The van der Waals surface area contributed by atoms with E-state index in [1.54, 1.807) is 0 Å². The Labute approximate surface area is 142 Å². The number of para-hydroxylation sites is 1. The maximum absolute atomic E-state index is 12.3. The van der Waals surface area contributed by atoms with Gasteiger partial charge in [-0.3, -0.25) is 14.5 Å². The minimum absolute atomic E-state index is 0.0230. The molecule has 1 aliphatic carbocycles. The van der Waals surface area contributed by atoms with Crippen molar-refractivity contribution in [1.29, 1.82) is 0 Å². The highest BCUT2D eigenvalue weighted by Gasteiger charge is 2.20. The number of likely N-dealkylation sites (N-methyl/N-ethyl adjacent to an activating group) is 1. The molecule has 0 aromatic heterocycles. The first-order valence-corrected chi connectivity index (χ1v) is 9.05. The van der Waals surface area contributed by atoms with E-state index in [1.807, 2.05) is 31.3 Å². The fourth-order valence-electron chi connectivity index (χ4n) is 2.91. The summed E-state index contributed by atoms with van der Waals surface area (Å²) in [5.74, 6) is -0.187. The molecule has 126 valence electrons. The molecule has 6 heteroatoms. The molecule has 5 nitrogen and oxygen atoms in total. The number of primary amides is 1. The number of amides is 2. The van der Waals surface area contributed by atoms with Crippen LogP contribution in [0.4, 0.5) is 5.69 Å². The number of carbonyl (C=O) groups is 2. The number of thioether (sulfide) groups is 1. The first kappa shape index (κ1) is 17.8. The standard InChI is InChI=1S/C17H25N3O2S/c1-20(13-7-3-2-4-8-13)11-17(22)19-14-9-5-6-10-15(14)23-12-16(18)21/h5-6,9-10,13H,2-4,7-8,11-12H2,1H3,(H2,18,21)(H,19,22). The summed E-state index contributed by atoms with van der Waals surface area (Å²) < 4.78 is 0. The molecule has 1 aromatic rings. The van der Waals surface area contributed by atoms with Crippen LogP contribution in [0, 0.1) is 0 Å². The number of anilines is 1. The number of hydrogen-bond acceptors (Lipinski definition) is 4. The maximum Gasteiger partial charge on any atom is 0.238 e. The van der Waals surface area contributed by atoms with Crippen LogP contribution in [-0.4, -0.2) is 42.1 Å². The minimum atomic E-state index is -0.367. The Morgan fingerprint density at radius 1 is 1.26 bits per heavy atom. The van der Waals surface area contributed by atoms with Gasteiger partial charge >= 0.3 is 0 Å². The van der Waals surface area contributed by atoms with E-state index >= 15 is 0 Å². The van der Waals surface area contributed by atoms with Gasteiger partial charge in [0.25, 0.3) is 0 Å². The van der Waals surface area contributed by atoms with Gasteiger partial charge in [0, 0.05) is 10.9 Å². The fourth-order valence-corrected chi connectivity index (χ4v) is 3.66. The molecule has 1 saturated carbocycles. The first-order chi connectivity index (χ1) is 11.1. The van der Waals surface area contributed by atoms with Gasteiger partial charge in [0.1, 0.15) is 0 Å². The summed E-state index contributed by atoms with van der Waals surface area (Å²) in [4.78, 5) is 26.2. The number of hydrogen-bond donors (Lipinski definition) is 2. The molecule has 1 aromatic carbocycles. The van der Waals surface area contributed by atoms with Crippen LogP contribution >= 0.6 is 11.8 Å². The van der Waals surface area contributed by atoms with E-state index in [4.69, 9.17) is 5.73 Å². The van der Waals surface area contributed by atoms with Gasteiger partial charge < -0.3 is 11.1 Å². The van der Waals surface area contributed by atoms with Crippen molar-refractivity contribution in [3.63, 3.8) is 0 Å². The van der Waals surface area contributed by atoms with Crippen molar-refractivity contribution >= 4 is 29.3 Å². The topological polar surface area (TPSA) is 75.4 Å². The summed E-state index contributed by atoms with van der Waals surface area (Å²) in [6.07, 6.45) is 6.16. The molecule has 2 rings (SSSR count). The van der Waals surface area contributed by atoms with Crippen molar-refractivity contribution in [1.82, 2.24) is 4.90 Å². The summed E-state index contributed by atoms with van der Waals surface area (Å²) >= 11 is 1.34. The van der Waals surface area contributed by atoms with E-state index in [0.29, 0.717) is 12.6 Å². The smallest absolute Gasteiger partial charge is 0.238 e. The fraction of sp³-hybridized carbons (Fsp3) is 0.529. The molecule has 1 aliphatic rings. The van der Waals surface area contributed by atoms with Crippen molar-refractivity contribution in [2.45, 2.75) is 43.0 Å². The lowest BCUT2D eigenvalue weighted by molar-refractivity contribution is -0.117. The molecule has 1 fully saturated rings. The lowest BCUT2D eigenvalue weighted by atomic mass is 9.94. The van der Waals surface area contributed by atoms with Crippen LogP contribution in [-0.2, 0) is 9.59 Å². The summed E-state index contributed by atoms with van der Waals surface area (Å²) in [6, 6.07) is 7.99. The Bertz CT molecular complexity index is 544. The maximum atomic E-state index is 12.3. The third kappa shape index (κ3) is 5.88. The second-order valence-electron chi connectivity index (χ2n) is 6.01. The van der Waals surface area contributed by atoms with Crippen LogP contribution in [0.25, 0.3) is 0 Å². The van der Waals surface area contributed by atoms with Crippen molar-refractivity contribution < 1.29 is 9.59 Å². The average Bonchev–Trinajstić information content (AvgIpc) is 2.54. The molecular weight excluding hydrogens is 310 g/mol. The molecule has 23 heavy (non-hydrogen) atoms. The number of nitrogens with one attached hydrogen (secondary N) is 1. The third-order valence-corrected chi connectivity index (χ3v) is 5.22. The zero-order valence-electron chi connectivity index (χ0n) is 13.6. The molecule has 3 N–H and O–H groups in total. The normalized spacial score (nSPS) is 15.6. The summed E-state index contributed by atoms with van der Waals surface area (Å²) in [7, 11) is 2.02. The highest BCUT2D eigenvalue weighted by Crippen LogP contribution is 2.27. The number of nitrogens with zero attached hydrogens (tertiary/aromatic N) is 1. The van der Waals surface area contributed by atoms with E-state index in [2.05, 4.69) is 10.2 Å². The molecule has 0 atom stereocenters. The Morgan fingerprint density at radius 2 is 1.96 bits per heavy atom. The molecule has 0 saturated heterocycles. The average molecular weight is 335 g/mol. The van der Waals surface area contributed by atoms with Gasteiger partial charge in [0.2, 0.25) is 11.8 Å². The molecule has 2 amide bonds. The number of carbonyl (C=O) groups excluding carboxylic acids is 2. The molecule has 0 aliphatic heterocycles. The Hall–Kier alpha value is -1.53. The first-order valence-electron chi connectivity index (χ1n) is 8.06. The van der Waals surface area contributed by atoms with Crippen LogP contribution in [0.3, 0.4) is 0 Å². The van der Waals surface area contributed by atoms with E-state index in [1.165, 1.54) is 43.9 Å². The number of nitrogens with two attached hydrogens (primary N) is 1. The molecule has 0 heterocycles. The van der Waals surface area contributed by atoms with Gasteiger partial charge in [-0.2, -0.15) is 0 Å². The van der Waals surface area contributed by atoms with E-state index in [9.17, 15) is 9.59 Å². The van der Waals surface area contributed by atoms with Crippen LogP contribution in [0.1, 0.15) is 32.1 Å². The predicted molar refractivity (Wildman–Crippen MR) is 94.5 cm³/mol. The van der Waals surface area contributed by atoms with Gasteiger partial charge in [-0.1, -0.05) is 31.4 Å². The largest absolute Gasteiger partial charge is 0.369 e. The highest BCUT2D eigenvalue weighted by molar-refractivity contribution is 8.00. The lowest BCUT2D eigenvalue weighted by Gasteiger charge is -2.30. The molecular formula is C17H25N3O2S. The predicted octanol–water partition coefficient (Wildman–Crippen LogP) is 2.47. The van der Waals surface area contributed by atoms with Crippen LogP contribution in [0.5, 0.6) is 0 Å². The minimum Gasteiger partial charge on any atom is -0.369 e. The second kappa shape index (κ2) is 8.93. The zero-order chi connectivity index (χ0) is 16.7. The van der Waals surface area contributed by atoms with Crippen LogP contribution in [0.2, 0.25) is 0 Å². The highest BCUT2D eigenvalue weighted by atomic mass is 32.2. The van der Waals surface area contributed by atoms with Gasteiger partial charge in [-0.25, -0.2) is 0 Å². The van der Waals surface area contributed by atoms with Gasteiger partial charge in [-0.05, 0) is 32.0 Å². The van der Waals surface area contributed by atoms with Gasteiger partial charge in [-0.15, -0.1) is 11.8 Å². The van der Waals surface area contributed by atoms with E-state index in [-0.39, 0.29) is 17.6 Å². The van der Waals surface area contributed by atoms with Gasteiger partial charge in [0.05, 0.1) is 18.0 Å². The Morgan fingerprint density at radius 3 is 2.65 bits per heavy atom. The third-order valence-electron chi connectivity index (χ3n) is 4.12. The van der Waals surface area contributed by atoms with Crippen molar-refractivity contribution in [2.75, 3.05) is 24.7 Å². The van der Waals surface area contributed by atoms with E-state index < -0.39 is 0 Å². The lowest BCUT2D eigenvalue weighted by Crippen LogP contribution is -2.39. The summed E-state index contributed by atoms with van der Waals surface area (Å²) in [5, 5.41) is 2.95. The monoisotopic (exact) mass is 335 g/mol. The summed E-state index contributed by atoms with van der Waals surface area (Å²) in [6.45, 7) is 0.388. The molecule has 0 bridgehead atoms. The zero-order valence-corrected chi connectivity index (χ0v) is 14.4. The van der Waals surface area contributed by atoms with Crippen LogP contribution in [0.15, 0.2) is 29.2 Å². The molecule has 0 spiro atoms. The molecule has 0 unspecified atom stereocenters. The quantitative estimate of drug-likeness (QED) is 0.751. The molecule has 0 radical (unpaired) electrons. The number of rotatable bonds is 7. The second-order valence-corrected chi connectivity index (χ2v) is 7.02. The Kier molecular flexibility index (Phi) is 6.92. The van der Waals surface area contributed by atoms with Crippen molar-refractivity contribution in [3.05, 3.63) is 24.3 Å². The van der Waals surface area contributed by atoms with E-state index in [0.717, 1.165) is 10.6 Å². The van der Waals surface area contributed by atoms with Crippen molar-refractivity contribution in [3.8, 4) is 0 Å². The Balaban J connectivity index is 1.90. The van der Waals surface area contributed by atoms with Crippen LogP contribution < -0.4 is 11.1 Å².